The first-order valence-electron chi connectivity index (χ1n) is 14.9. The first-order valence-corrected chi connectivity index (χ1v) is 16.1. The summed E-state index contributed by atoms with van der Waals surface area (Å²) in [6, 6.07) is 4.92. The van der Waals surface area contributed by atoms with Crippen LogP contribution in [0.4, 0.5) is 10.3 Å². The Morgan fingerprint density at radius 1 is 1.12 bits per heavy atom. The molecule has 0 bridgehead atoms. The molecule has 1 unspecified atom stereocenters. The minimum atomic E-state index is -0.376. The number of benzene rings is 1. The Balaban J connectivity index is 0.840. The Labute approximate surface area is 249 Å². The number of hydrogen-bond donors (Lipinski definition) is 0. The zero-order valence-electron chi connectivity index (χ0n) is 23.1. The summed E-state index contributed by atoms with van der Waals surface area (Å²) in [5.74, 6) is 3.69. The van der Waals surface area contributed by atoms with Crippen LogP contribution in [0.15, 0.2) is 30.6 Å². The first kappa shape index (κ1) is 27.1. The summed E-state index contributed by atoms with van der Waals surface area (Å²) in [4.78, 5) is 31.9. The van der Waals surface area contributed by atoms with Crippen LogP contribution in [0.5, 0.6) is 5.75 Å². The predicted molar refractivity (Wildman–Crippen MR) is 157 cm³/mol. The summed E-state index contributed by atoms with van der Waals surface area (Å²) < 4.78 is 20.8. The highest BCUT2D eigenvalue weighted by Crippen LogP contribution is 2.50. The SMILES string of the molecule is O=C(Cc1ccc(OCC[C@@H]2CC2C2CCN(c3ncc(Cl)cn3)CC2)cc1F)N1CCc2sc(C3CC3)nc2C1. The van der Waals surface area contributed by atoms with E-state index in [2.05, 4.69) is 14.9 Å². The number of anilines is 1. The zero-order valence-corrected chi connectivity index (χ0v) is 24.7. The monoisotopic (exact) mass is 595 g/mol. The van der Waals surface area contributed by atoms with Crippen molar-refractivity contribution >= 4 is 34.8 Å². The molecule has 0 N–H and O–H groups in total. The zero-order chi connectivity index (χ0) is 27.9. The van der Waals surface area contributed by atoms with Crippen LogP contribution in [-0.4, -0.2) is 52.0 Å². The Hall–Kier alpha value is -2.78. The number of carbonyl (C=O) groups is 1. The van der Waals surface area contributed by atoms with E-state index < -0.39 is 0 Å². The number of hydrogen-bond acceptors (Lipinski definition) is 7. The predicted octanol–water partition coefficient (Wildman–Crippen LogP) is 6.05. The maximum atomic E-state index is 14.9. The van der Waals surface area contributed by atoms with Crippen molar-refractivity contribution in [3.05, 3.63) is 62.6 Å². The van der Waals surface area contributed by atoms with Gasteiger partial charge in [0, 0.05) is 42.9 Å². The van der Waals surface area contributed by atoms with Gasteiger partial charge in [-0.15, -0.1) is 11.3 Å². The second kappa shape index (κ2) is 11.5. The summed E-state index contributed by atoms with van der Waals surface area (Å²) in [7, 11) is 0. The maximum Gasteiger partial charge on any atom is 0.227 e. The van der Waals surface area contributed by atoms with E-state index in [0.29, 0.717) is 47.9 Å². The van der Waals surface area contributed by atoms with E-state index in [9.17, 15) is 9.18 Å². The number of amides is 1. The second-order valence-corrected chi connectivity index (χ2v) is 13.6. The van der Waals surface area contributed by atoms with Crippen molar-refractivity contribution in [3.8, 4) is 5.75 Å². The summed E-state index contributed by atoms with van der Waals surface area (Å²) in [5, 5.41) is 1.79. The van der Waals surface area contributed by atoms with E-state index in [1.165, 1.54) is 35.2 Å². The highest BCUT2D eigenvalue weighted by Gasteiger charge is 2.43. The molecule has 216 valence electrons. The Morgan fingerprint density at radius 2 is 1.93 bits per heavy atom. The van der Waals surface area contributed by atoms with Crippen LogP contribution in [0.3, 0.4) is 0 Å². The number of carbonyl (C=O) groups excluding carboxylic acids is 1. The summed E-state index contributed by atoms with van der Waals surface area (Å²) in [6.07, 6.45) is 11.2. The van der Waals surface area contributed by atoms with Gasteiger partial charge in [-0.05, 0) is 67.9 Å². The van der Waals surface area contributed by atoms with Gasteiger partial charge in [0.2, 0.25) is 11.9 Å². The van der Waals surface area contributed by atoms with Gasteiger partial charge in [-0.1, -0.05) is 17.7 Å². The molecule has 2 saturated carbocycles. The Kier molecular flexibility index (Phi) is 7.58. The van der Waals surface area contributed by atoms with Crippen LogP contribution >= 0.6 is 22.9 Å². The van der Waals surface area contributed by atoms with Crippen LogP contribution in [0.2, 0.25) is 5.02 Å². The molecule has 0 radical (unpaired) electrons. The molecule has 1 saturated heterocycles. The molecule has 41 heavy (non-hydrogen) atoms. The summed E-state index contributed by atoms with van der Waals surface area (Å²) in [5.41, 5.74) is 1.46. The third-order valence-electron chi connectivity index (χ3n) is 9.16. The fourth-order valence-electron chi connectivity index (χ4n) is 6.48. The van der Waals surface area contributed by atoms with Crippen molar-refractivity contribution in [1.82, 2.24) is 19.9 Å². The van der Waals surface area contributed by atoms with Crippen molar-refractivity contribution < 1.29 is 13.9 Å². The van der Waals surface area contributed by atoms with Gasteiger partial charge in [-0.2, -0.15) is 0 Å². The van der Waals surface area contributed by atoms with Gasteiger partial charge in [-0.25, -0.2) is 19.3 Å². The molecule has 3 fully saturated rings. The number of nitrogens with zero attached hydrogens (tertiary/aromatic N) is 5. The molecule has 2 aliphatic heterocycles. The molecule has 4 heterocycles. The lowest BCUT2D eigenvalue weighted by molar-refractivity contribution is -0.131. The minimum Gasteiger partial charge on any atom is -0.493 e. The number of fused-ring (bicyclic) bond motifs is 1. The molecule has 2 aliphatic carbocycles. The molecule has 2 aromatic heterocycles. The third-order valence-corrected chi connectivity index (χ3v) is 10.7. The third kappa shape index (κ3) is 6.21. The fraction of sp³-hybridized carbons (Fsp3) is 0.548. The van der Waals surface area contributed by atoms with Gasteiger partial charge in [0.25, 0.3) is 0 Å². The van der Waals surface area contributed by atoms with Gasteiger partial charge in [-0.3, -0.25) is 4.79 Å². The van der Waals surface area contributed by atoms with Gasteiger partial charge in [0.1, 0.15) is 11.6 Å². The van der Waals surface area contributed by atoms with Crippen molar-refractivity contribution in [3.63, 3.8) is 0 Å². The second-order valence-electron chi connectivity index (χ2n) is 12.0. The standard InChI is InChI=1S/C31H35ClFN5O2S/c32-23-16-34-31(35-17-23)37-9-5-19(6-10-37)25-13-21(25)8-12-40-24-4-3-22(26(33)15-24)14-29(39)38-11-7-28-27(18-38)36-30(41-28)20-1-2-20/h3-4,15-17,19-21,25H,1-2,5-14,18H2/t21-,25?/m1/s1. The van der Waals surface area contributed by atoms with E-state index in [1.807, 2.05) is 16.2 Å². The van der Waals surface area contributed by atoms with E-state index in [-0.39, 0.29) is 18.1 Å². The lowest BCUT2D eigenvalue weighted by Crippen LogP contribution is -2.36. The minimum absolute atomic E-state index is 0.0458. The molecule has 7 rings (SSSR count). The van der Waals surface area contributed by atoms with Crippen molar-refractivity contribution in [1.29, 1.82) is 0 Å². The molecule has 2 atom stereocenters. The van der Waals surface area contributed by atoms with E-state index in [0.717, 1.165) is 62.3 Å². The molecule has 3 aromatic rings. The van der Waals surface area contributed by atoms with Crippen molar-refractivity contribution in [2.24, 2.45) is 17.8 Å². The number of rotatable bonds is 9. The Bertz CT molecular complexity index is 1410. The molecule has 1 aromatic carbocycles. The highest BCUT2D eigenvalue weighted by molar-refractivity contribution is 7.11. The summed E-state index contributed by atoms with van der Waals surface area (Å²) >= 11 is 7.73. The lowest BCUT2D eigenvalue weighted by Gasteiger charge is -2.32. The molecule has 10 heteroatoms. The quantitative estimate of drug-likeness (QED) is 0.300. The Morgan fingerprint density at radius 3 is 2.68 bits per heavy atom. The largest absolute Gasteiger partial charge is 0.493 e. The normalized spacial score (nSPS) is 22.5. The molecule has 7 nitrogen and oxygen atoms in total. The van der Waals surface area contributed by atoms with Gasteiger partial charge < -0.3 is 14.5 Å². The van der Waals surface area contributed by atoms with E-state index >= 15 is 0 Å². The van der Waals surface area contributed by atoms with Crippen molar-refractivity contribution in [2.75, 3.05) is 31.1 Å². The number of aromatic nitrogens is 3. The first-order chi connectivity index (χ1) is 20.0. The van der Waals surface area contributed by atoms with E-state index in [1.54, 1.807) is 24.5 Å². The topological polar surface area (TPSA) is 71.5 Å². The highest BCUT2D eigenvalue weighted by atomic mass is 35.5. The number of ether oxygens (including phenoxy) is 1. The van der Waals surface area contributed by atoms with Crippen LogP contribution in [0.25, 0.3) is 0 Å². The molecule has 1 amide bonds. The maximum absolute atomic E-state index is 14.9. The molecular formula is C31H35ClFN5O2S. The van der Waals surface area contributed by atoms with Crippen molar-refractivity contribution in [2.45, 2.75) is 63.8 Å². The summed E-state index contributed by atoms with van der Waals surface area (Å²) in [6.45, 7) is 3.76. The van der Waals surface area contributed by atoms with Gasteiger partial charge >= 0.3 is 0 Å². The lowest BCUT2D eigenvalue weighted by atomic mass is 9.90. The van der Waals surface area contributed by atoms with Crippen LogP contribution in [0, 0.1) is 23.6 Å². The average molecular weight is 596 g/mol. The number of halogens is 2. The number of piperidine rings is 1. The smallest absolute Gasteiger partial charge is 0.227 e. The fourth-order valence-corrected chi connectivity index (χ4v) is 7.81. The van der Waals surface area contributed by atoms with Gasteiger partial charge in [0.15, 0.2) is 0 Å². The molecule has 4 aliphatic rings. The van der Waals surface area contributed by atoms with Gasteiger partial charge in [0.05, 0.1) is 47.7 Å². The molecular weight excluding hydrogens is 561 g/mol. The molecule has 0 spiro atoms. The van der Waals surface area contributed by atoms with E-state index in [4.69, 9.17) is 21.3 Å². The van der Waals surface area contributed by atoms with Crippen LogP contribution < -0.4 is 9.64 Å². The average Bonchev–Trinajstić information content (AvgIpc) is 3.92. The van der Waals surface area contributed by atoms with Crippen LogP contribution in [0.1, 0.15) is 65.6 Å². The van der Waals surface area contributed by atoms with Crippen LogP contribution in [-0.2, 0) is 24.2 Å². The number of thiazole rings is 1.